The number of nitrogens with one attached hydrogen (secondary N) is 2. The van der Waals surface area contributed by atoms with E-state index in [0.29, 0.717) is 12.6 Å². The average Bonchev–Trinajstić information content (AvgIpc) is 2.46. The fourth-order valence-electron chi connectivity index (χ4n) is 2.92. The number of aryl methyl sites for hydroxylation is 1. The summed E-state index contributed by atoms with van der Waals surface area (Å²) >= 11 is 0. The minimum absolute atomic E-state index is 0. The van der Waals surface area contributed by atoms with E-state index in [1.165, 1.54) is 31.2 Å². The molecule has 0 aromatic carbocycles. The fourth-order valence-corrected chi connectivity index (χ4v) is 2.92. The van der Waals surface area contributed by atoms with Gasteiger partial charge in [0.1, 0.15) is 0 Å². The topological polar surface area (TPSA) is 49.3 Å². The summed E-state index contributed by atoms with van der Waals surface area (Å²) in [7, 11) is 0. The Balaban J connectivity index is 0.00000242. The number of halogens is 1. The molecule has 1 aliphatic carbocycles. The van der Waals surface area contributed by atoms with Crippen LogP contribution < -0.4 is 10.6 Å². The van der Waals surface area contributed by atoms with Gasteiger partial charge >= 0.3 is 0 Å². The Morgan fingerprint density at radius 3 is 2.91 bits per heavy atom. The van der Waals surface area contributed by atoms with Gasteiger partial charge in [-0.15, -0.1) is 24.0 Å². The Morgan fingerprint density at radius 1 is 1.41 bits per heavy atom. The van der Waals surface area contributed by atoms with Crippen LogP contribution in [0.2, 0.25) is 0 Å². The van der Waals surface area contributed by atoms with E-state index in [-0.39, 0.29) is 24.0 Å². The van der Waals surface area contributed by atoms with Crippen LogP contribution in [0.5, 0.6) is 0 Å². The van der Waals surface area contributed by atoms with E-state index in [9.17, 15) is 0 Å². The lowest BCUT2D eigenvalue weighted by Crippen LogP contribution is -2.45. The zero-order chi connectivity index (χ0) is 15.1. The molecule has 1 fully saturated rings. The third kappa shape index (κ3) is 6.10. The fraction of sp³-hybridized carbons (Fsp3) is 0.647. The second-order valence-electron chi connectivity index (χ2n) is 6.08. The van der Waals surface area contributed by atoms with Crippen molar-refractivity contribution in [3.05, 3.63) is 29.6 Å². The monoisotopic (exact) mass is 416 g/mol. The summed E-state index contributed by atoms with van der Waals surface area (Å²) in [5.41, 5.74) is 2.25. The number of aromatic nitrogens is 1. The van der Waals surface area contributed by atoms with Crippen LogP contribution in [-0.4, -0.2) is 23.5 Å². The molecule has 0 saturated heterocycles. The zero-order valence-corrected chi connectivity index (χ0v) is 16.3. The van der Waals surface area contributed by atoms with Crippen LogP contribution in [0, 0.1) is 12.8 Å². The van der Waals surface area contributed by atoms with Gasteiger partial charge in [0.05, 0.1) is 12.2 Å². The lowest BCUT2D eigenvalue weighted by molar-refractivity contribution is 0.324. The molecular formula is C17H29IN4. The smallest absolute Gasteiger partial charge is 0.191 e. The molecule has 1 aromatic heterocycles. The first kappa shape index (κ1) is 19.2. The number of nitrogens with zero attached hydrogens (tertiary/aromatic N) is 2. The molecule has 2 N–H and O–H groups in total. The quantitative estimate of drug-likeness (QED) is 0.448. The summed E-state index contributed by atoms with van der Waals surface area (Å²) in [5.74, 6) is 1.74. The highest BCUT2D eigenvalue weighted by molar-refractivity contribution is 14.0. The minimum Gasteiger partial charge on any atom is -0.357 e. The van der Waals surface area contributed by atoms with Crippen molar-refractivity contribution in [3.8, 4) is 0 Å². The summed E-state index contributed by atoms with van der Waals surface area (Å²) < 4.78 is 0. The van der Waals surface area contributed by atoms with Crippen molar-refractivity contribution >= 4 is 29.9 Å². The number of aliphatic imine (C=N–C) groups is 1. The summed E-state index contributed by atoms with van der Waals surface area (Å²) in [6.07, 6.45) is 7.00. The summed E-state index contributed by atoms with van der Waals surface area (Å²) in [5, 5.41) is 6.93. The average molecular weight is 416 g/mol. The summed E-state index contributed by atoms with van der Waals surface area (Å²) in [6, 6.07) is 4.60. The lowest BCUT2D eigenvalue weighted by Gasteiger charge is -2.28. The van der Waals surface area contributed by atoms with Crippen LogP contribution >= 0.6 is 24.0 Å². The lowest BCUT2D eigenvalue weighted by atomic mass is 9.87. The molecule has 2 rings (SSSR count). The van der Waals surface area contributed by atoms with Crippen molar-refractivity contribution in [1.82, 2.24) is 15.6 Å². The molecule has 1 aliphatic rings. The first-order valence-corrected chi connectivity index (χ1v) is 8.14. The normalized spacial score (nSPS) is 21.9. The predicted molar refractivity (Wildman–Crippen MR) is 104 cm³/mol. The van der Waals surface area contributed by atoms with Gasteiger partial charge in [0.2, 0.25) is 0 Å². The molecule has 124 valence electrons. The third-order valence-corrected chi connectivity index (χ3v) is 4.13. The number of guanidine groups is 1. The Kier molecular flexibility index (Phi) is 8.75. The maximum atomic E-state index is 4.70. The standard InChI is InChI=1S/C17H28N4.HI/c1-4-18-17(21-15-9-5-7-13(2)11-15)20-12-16-14(3)8-6-10-19-16;/h6,8,10,13,15H,4-5,7,9,11-12H2,1-3H3,(H2,18,20,21);1H. The SMILES string of the molecule is CCNC(=NCc1ncccc1C)NC1CCCC(C)C1.I. The van der Waals surface area contributed by atoms with Crippen LogP contribution in [0.25, 0.3) is 0 Å². The van der Waals surface area contributed by atoms with Crippen molar-refractivity contribution in [3.63, 3.8) is 0 Å². The Morgan fingerprint density at radius 2 is 2.23 bits per heavy atom. The van der Waals surface area contributed by atoms with E-state index in [4.69, 9.17) is 4.99 Å². The first-order valence-electron chi connectivity index (χ1n) is 8.14. The molecule has 0 aliphatic heterocycles. The van der Waals surface area contributed by atoms with Crippen molar-refractivity contribution in [2.75, 3.05) is 6.54 Å². The van der Waals surface area contributed by atoms with E-state index in [0.717, 1.165) is 24.1 Å². The number of pyridine rings is 1. The van der Waals surface area contributed by atoms with E-state index in [2.05, 4.69) is 42.5 Å². The van der Waals surface area contributed by atoms with Crippen LogP contribution in [0.1, 0.15) is 50.8 Å². The van der Waals surface area contributed by atoms with E-state index in [1.54, 1.807) is 0 Å². The van der Waals surface area contributed by atoms with E-state index >= 15 is 0 Å². The molecule has 1 heterocycles. The Bertz CT molecular complexity index is 475. The van der Waals surface area contributed by atoms with Gasteiger partial charge in [-0.25, -0.2) is 4.99 Å². The highest BCUT2D eigenvalue weighted by Crippen LogP contribution is 2.23. The zero-order valence-electron chi connectivity index (χ0n) is 13.9. The minimum atomic E-state index is 0. The number of rotatable bonds is 4. The molecule has 1 saturated carbocycles. The van der Waals surface area contributed by atoms with Crippen molar-refractivity contribution in [2.45, 2.75) is 59.0 Å². The van der Waals surface area contributed by atoms with Gasteiger partial charge in [-0.05, 0) is 44.2 Å². The van der Waals surface area contributed by atoms with Crippen LogP contribution in [0.15, 0.2) is 23.3 Å². The van der Waals surface area contributed by atoms with Crippen LogP contribution in [0.4, 0.5) is 0 Å². The molecule has 22 heavy (non-hydrogen) atoms. The molecular weight excluding hydrogens is 387 g/mol. The second kappa shape index (κ2) is 10.0. The summed E-state index contributed by atoms with van der Waals surface area (Å²) in [4.78, 5) is 9.10. The van der Waals surface area contributed by atoms with E-state index in [1.807, 2.05) is 12.3 Å². The Labute approximate surface area is 151 Å². The highest BCUT2D eigenvalue weighted by Gasteiger charge is 2.19. The molecule has 0 amide bonds. The molecule has 0 bridgehead atoms. The van der Waals surface area contributed by atoms with Gasteiger partial charge in [0, 0.05) is 18.8 Å². The second-order valence-corrected chi connectivity index (χ2v) is 6.08. The largest absolute Gasteiger partial charge is 0.357 e. The van der Waals surface area contributed by atoms with Gasteiger partial charge in [-0.1, -0.05) is 25.8 Å². The van der Waals surface area contributed by atoms with Crippen LogP contribution in [0.3, 0.4) is 0 Å². The molecule has 2 atom stereocenters. The van der Waals surface area contributed by atoms with Crippen molar-refractivity contribution in [2.24, 2.45) is 10.9 Å². The van der Waals surface area contributed by atoms with Gasteiger partial charge in [0.25, 0.3) is 0 Å². The van der Waals surface area contributed by atoms with Gasteiger partial charge in [-0.2, -0.15) is 0 Å². The molecule has 0 spiro atoms. The molecule has 0 radical (unpaired) electrons. The molecule has 2 unspecified atom stereocenters. The summed E-state index contributed by atoms with van der Waals surface area (Å²) in [6.45, 7) is 8.04. The highest BCUT2D eigenvalue weighted by atomic mass is 127. The van der Waals surface area contributed by atoms with E-state index < -0.39 is 0 Å². The number of hydrogen-bond donors (Lipinski definition) is 2. The predicted octanol–water partition coefficient (Wildman–Crippen LogP) is 3.64. The molecule has 5 heteroatoms. The van der Waals surface area contributed by atoms with Gasteiger partial charge < -0.3 is 10.6 Å². The number of hydrogen-bond acceptors (Lipinski definition) is 2. The first-order chi connectivity index (χ1) is 10.2. The Hall–Kier alpha value is -0.850. The molecule has 1 aromatic rings. The maximum Gasteiger partial charge on any atom is 0.191 e. The third-order valence-electron chi connectivity index (χ3n) is 4.13. The van der Waals surface area contributed by atoms with Crippen molar-refractivity contribution in [1.29, 1.82) is 0 Å². The molecule has 4 nitrogen and oxygen atoms in total. The maximum absolute atomic E-state index is 4.70. The van der Waals surface area contributed by atoms with Gasteiger partial charge in [-0.3, -0.25) is 4.98 Å². The van der Waals surface area contributed by atoms with Crippen molar-refractivity contribution < 1.29 is 0 Å². The van der Waals surface area contributed by atoms with Crippen LogP contribution in [-0.2, 0) is 6.54 Å². The van der Waals surface area contributed by atoms with Gasteiger partial charge in [0.15, 0.2) is 5.96 Å².